The van der Waals surface area contributed by atoms with E-state index in [1.165, 1.54) is 0 Å². The Labute approximate surface area is 152 Å². The number of aromatic hydroxyl groups is 1. The maximum Gasteiger partial charge on any atom is 0.120 e. The molecule has 1 aromatic heterocycles. The van der Waals surface area contributed by atoms with Gasteiger partial charge in [-0.25, -0.2) is 0 Å². The van der Waals surface area contributed by atoms with Crippen LogP contribution in [0.3, 0.4) is 0 Å². The summed E-state index contributed by atoms with van der Waals surface area (Å²) in [4.78, 5) is 6.36. The number of anilines is 2. The number of halogens is 2. The molecule has 126 valence electrons. The molecule has 0 bridgehead atoms. The lowest BCUT2D eigenvalue weighted by Crippen LogP contribution is -2.10. The van der Waals surface area contributed by atoms with Crippen LogP contribution in [0, 0.1) is 0 Å². The second-order valence-electron chi connectivity index (χ2n) is 5.73. The van der Waals surface area contributed by atoms with E-state index < -0.39 is 0 Å². The summed E-state index contributed by atoms with van der Waals surface area (Å²) in [5.41, 5.74) is 3.59. The quantitative estimate of drug-likeness (QED) is 0.652. The van der Waals surface area contributed by atoms with Crippen LogP contribution >= 0.6 is 24.0 Å². The second-order valence-corrected chi connectivity index (χ2v) is 6.16. The fourth-order valence-corrected chi connectivity index (χ4v) is 2.68. The monoisotopic (exact) mass is 363 g/mol. The zero-order valence-corrected chi connectivity index (χ0v) is 15.0. The Bertz CT molecular complexity index is 853. The lowest BCUT2D eigenvalue weighted by molar-refractivity contribution is 0.386. The molecule has 4 nitrogen and oxygen atoms in total. The Morgan fingerprint density at radius 2 is 1.92 bits per heavy atom. The van der Waals surface area contributed by atoms with Gasteiger partial charge in [0.05, 0.1) is 5.52 Å². The van der Waals surface area contributed by atoms with Crippen molar-refractivity contribution in [1.29, 1.82) is 0 Å². The molecule has 0 aliphatic rings. The minimum absolute atomic E-state index is 0. The van der Waals surface area contributed by atoms with Crippen molar-refractivity contribution in [2.45, 2.75) is 6.54 Å². The highest BCUT2D eigenvalue weighted by molar-refractivity contribution is 6.31. The number of hydrogen-bond donors (Lipinski definition) is 2. The Balaban J connectivity index is 0.00000208. The molecule has 0 aliphatic heterocycles. The standard InChI is InChI=1S/C18H18ClN3O.ClH/c1-22(2)11-12-9-14(4-6-18(12)23)21-16-7-8-20-17-10-13(19)3-5-15(16)17;/h3-10,23H,11H2,1-2H3,(H,20,21);1H. The summed E-state index contributed by atoms with van der Waals surface area (Å²) in [5, 5.41) is 15.0. The van der Waals surface area contributed by atoms with E-state index in [9.17, 15) is 5.11 Å². The molecule has 0 unspecified atom stereocenters. The minimum atomic E-state index is 0. The molecule has 0 radical (unpaired) electrons. The van der Waals surface area contributed by atoms with Crippen LogP contribution in [-0.4, -0.2) is 29.1 Å². The maximum absolute atomic E-state index is 9.97. The van der Waals surface area contributed by atoms with Gasteiger partial charge < -0.3 is 15.3 Å². The summed E-state index contributed by atoms with van der Waals surface area (Å²) in [6, 6.07) is 13.1. The van der Waals surface area contributed by atoms with Crippen molar-refractivity contribution in [2.75, 3.05) is 19.4 Å². The molecule has 6 heteroatoms. The highest BCUT2D eigenvalue weighted by atomic mass is 35.5. The molecule has 0 aliphatic carbocycles. The van der Waals surface area contributed by atoms with Crippen LogP contribution in [0.5, 0.6) is 5.75 Å². The fraction of sp³-hybridized carbons (Fsp3) is 0.167. The van der Waals surface area contributed by atoms with E-state index in [4.69, 9.17) is 11.6 Å². The van der Waals surface area contributed by atoms with E-state index in [1.54, 1.807) is 12.3 Å². The molecule has 0 saturated heterocycles. The summed E-state index contributed by atoms with van der Waals surface area (Å²) in [5.74, 6) is 0.301. The first-order valence-corrected chi connectivity index (χ1v) is 7.68. The van der Waals surface area contributed by atoms with Crippen molar-refractivity contribution in [3.05, 3.63) is 59.2 Å². The molecule has 0 saturated carbocycles. The second kappa shape index (κ2) is 7.71. The highest BCUT2D eigenvalue weighted by Gasteiger charge is 2.07. The molecular weight excluding hydrogens is 345 g/mol. The first-order valence-electron chi connectivity index (χ1n) is 7.31. The van der Waals surface area contributed by atoms with E-state index in [0.717, 1.165) is 27.8 Å². The number of hydrogen-bond acceptors (Lipinski definition) is 4. The lowest BCUT2D eigenvalue weighted by Gasteiger charge is -2.14. The van der Waals surface area contributed by atoms with Gasteiger partial charge >= 0.3 is 0 Å². The molecule has 0 fully saturated rings. The number of rotatable bonds is 4. The Kier molecular flexibility index (Phi) is 5.89. The number of nitrogens with zero attached hydrogens (tertiary/aromatic N) is 2. The molecule has 0 spiro atoms. The van der Waals surface area contributed by atoms with Gasteiger partial charge in [-0.1, -0.05) is 11.6 Å². The van der Waals surface area contributed by atoms with Gasteiger partial charge in [-0.15, -0.1) is 12.4 Å². The van der Waals surface area contributed by atoms with Crippen LogP contribution in [0.1, 0.15) is 5.56 Å². The van der Waals surface area contributed by atoms with Crippen LogP contribution in [0.15, 0.2) is 48.7 Å². The summed E-state index contributed by atoms with van der Waals surface area (Å²) in [7, 11) is 3.94. The van der Waals surface area contributed by atoms with Gasteiger partial charge in [0.25, 0.3) is 0 Å². The number of phenolic OH excluding ortho intramolecular Hbond substituents is 1. The average Bonchev–Trinajstić information content (AvgIpc) is 2.50. The highest BCUT2D eigenvalue weighted by Crippen LogP contribution is 2.29. The van der Waals surface area contributed by atoms with E-state index in [-0.39, 0.29) is 12.4 Å². The third-order valence-corrected chi connectivity index (χ3v) is 3.78. The van der Waals surface area contributed by atoms with E-state index in [1.807, 2.05) is 55.4 Å². The van der Waals surface area contributed by atoms with Crippen molar-refractivity contribution in [3.63, 3.8) is 0 Å². The van der Waals surface area contributed by atoms with Crippen LogP contribution in [0.2, 0.25) is 5.02 Å². The first kappa shape index (κ1) is 18.3. The summed E-state index contributed by atoms with van der Waals surface area (Å²) >= 11 is 6.02. The van der Waals surface area contributed by atoms with Gasteiger partial charge in [0, 0.05) is 40.1 Å². The number of nitrogens with one attached hydrogen (secondary N) is 1. The van der Waals surface area contributed by atoms with Crippen molar-refractivity contribution < 1.29 is 5.11 Å². The first-order chi connectivity index (χ1) is 11.0. The predicted molar refractivity (Wildman–Crippen MR) is 103 cm³/mol. The minimum Gasteiger partial charge on any atom is -0.508 e. The summed E-state index contributed by atoms with van der Waals surface area (Å²) < 4.78 is 0. The topological polar surface area (TPSA) is 48.4 Å². The predicted octanol–water partition coefficient (Wildman–Crippen LogP) is 4.82. The van der Waals surface area contributed by atoms with Crippen LogP contribution in [0.25, 0.3) is 10.9 Å². The van der Waals surface area contributed by atoms with Crippen LogP contribution in [-0.2, 0) is 6.54 Å². The molecule has 3 rings (SSSR count). The molecule has 0 amide bonds. The maximum atomic E-state index is 9.97. The van der Waals surface area contributed by atoms with Gasteiger partial charge in [0.2, 0.25) is 0 Å². The SMILES string of the molecule is CN(C)Cc1cc(Nc2ccnc3cc(Cl)ccc23)ccc1O.Cl. The Morgan fingerprint density at radius 3 is 2.67 bits per heavy atom. The number of phenols is 1. The summed E-state index contributed by atoms with van der Waals surface area (Å²) in [6.07, 6.45) is 1.75. The fourth-order valence-electron chi connectivity index (χ4n) is 2.52. The van der Waals surface area contributed by atoms with E-state index in [2.05, 4.69) is 10.3 Å². The van der Waals surface area contributed by atoms with Crippen molar-refractivity contribution in [1.82, 2.24) is 9.88 Å². The Hall–Kier alpha value is -2.01. The molecule has 2 N–H and O–H groups in total. The lowest BCUT2D eigenvalue weighted by atomic mass is 10.1. The zero-order chi connectivity index (χ0) is 16.4. The normalized spacial score (nSPS) is 10.7. The number of aromatic nitrogens is 1. The van der Waals surface area contributed by atoms with Crippen molar-refractivity contribution in [3.8, 4) is 5.75 Å². The molecule has 24 heavy (non-hydrogen) atoms. The Morgan fingerprint density at radius 1 is 1.12 bits per heavy atom. The van der Waals surface area contributed by atoms with Crippen molar-refractivity contribution in [2.24, 2.45) is 0 Å². The molecular formula is C18H19Cl2N3O. The average molecular weight is 364 g/mol. The van der Waals surface area contributed by atoms with Crippen LogP contribution < -0.4 is 5.32 Å². The van der Waals surface area contributed by atoms with Crippen LogP contribution in [0.4, 0.5) is 11.4 Å². The van der Waals surface area contributed by atoms with E-state index in [0.29, 0.717) is 17.3 Å². The van der Waals surface area contributed by atoms with Gasteiger partial charge in [0.15, 0.2) is 0 Å². The molecule has 1 heterocycles. The number of benzene rings is 2. The van der Waals surface area contributed by atoms with Gasteiger partial charge in [0.1, 0.15) is 5.75 Å². The zero-order valence-electron chi connectivity index (χ0n) is 13.5. The van der Waals surface area contributed by atoms with Crippen molar-refractivity contribution >= 4 is 46.3 Å². The van der Waals surface area contributed by atoms with Gasteiger partial charge in [-0.05, 0) is 56.6 Å². The smallest absolute Gasteiger partial charge is 0.120 e. The van der Waals surface area contributed by atoms with Gasteiger partial charge in [-0.2, -0.15) is 0 Å². The molecule has 0 atom stereocenters. The third-order valence-electron chi connectivity index (χ3n) is 3.55. The number of fused-ring (bicyclic) bond motifs is 1. The van der Waals surface area contributed by atoms with E-state index >= 15 is 0 Å². The molecule has 3 aromatic rings. The number of pyridine rings is 1. The largest absolute Gasteiger partial charge is 0.508 e. The molecule has 2 aromatic carbocycles. The van der Waals surface area contributed by atoms with Gasteiger partial charge in [-0.3, -0.25) is 4.98 Å². The third kappa shape index (κ3) is 4.09. The summed E-state index contributed by atoms with van der Waals surface area (Å²) in [6.45, 7) is 0.675.